The van der Waals surface area contributed by atoms with Gasteiger partial charge in [-0.05, 0) is 12.8 Å². The maximum absolute atomic E-state index is 5.29. The summed E-state index contributed by atoms with van der Waals surface area (Å²) < 4.78 is 0. The Labute approximate surface area is 63.9 Å². The van der Waals surface area contributed by atoms with E-state index in [4.69, 9.17) is 4.84 Å². The predicted molar refractivity (Wildman–Crippen MR) is 43.7 cm³/mol. The lowest BCUT2D eigenvalue weighted by molar-refractivity contribution is -0.0393. The van der Waals surface area contributed by atoms with Gasteiger partial charge in [-0.15, -0.1) is 0 Å². The molecule has 0 rings (SSSR count). The molecule has 2 heteroatoms. The first-order chi connectivity index (χ1) is 4.72. The third kappa shape index (κ3) is 3.85. The van der Waals surface area contributed by atoms with Gasteiger partial charge in [0.05, 0.1) is 6.10 Å². The lowest BCUT2D eigenvalue weighted by atomic mass is 10.0. The van der Waals surface area contributed by atoms with E-state index in [0.717, 1.165) is 6.54 Å². The van der Waals surface area contributed by atoms with Crippen LogP contribution in [-0.2, 0) is 4.84 Å². The zero-order valence-electron chi connectivity index (χ0n) is 7.48. The largest absolute Gasteiger partial charge is 0.299 e. The van der Waals surface area contributed by atoms with Gasteiger partial charge in [0.25, 0.3) is 0 Å². The van der Waals surface area contributed by atoms with Gasteiger partial charge in [0.2, 0.25) is 0 Å². The first kappa shape index (κ1) is 9.92. The molecule has 0 spiro atoms. The number of hydrogen-bond acceptors (Lipinski definition) is 2. The number of rotatable bonds is 5. The van der Waals surface area contributed by atoms with E-state index < -0.39 is 0 Å². The van der Waals surface area contributed by atoms with Gasteiger partial charge in [-0.2, -0.15) is 0 Å². The molecule has 0 saturated carbocycles. The summed E-state index contributed by atoms with van der Waals surface area (Å²) in [6.45, 7) is 9.37. The van der Waals surface area contributed by atoms with Gasteiger partial charge in [-0.1, -0.05) is 27.2 Å². The van der Waals surface area contributed by atoms with Crippen LogP contribution in [0.1, 0.15) is 34.1 Å². The predicted octanol–water partition coefficient (Wildman–Crippen LogP) is 1.96. The molecule has 0 bridgehead atoms. The summed E-state index contributed by atoms with van der Waals surface area (Å²) in [6.07, 6.45) is 1.50. The van der Waals surface area contributed by atoms with Crippen LogP contribution in [0.2, 0.25) is 0 Å². The van der Waals surface area contributed by atoms with Crippen molar-refractivity contribution in [3.8, 4) is 0 Å². The molecular weight excluding hydrogens is 126 g/mol. The third-order valence-corrected chi connectivity index (χ3v) is 1.86. The molecule has 0 aromatic heterocycles. The van der Waals surface area contributed by atoms with Crippen LogP contribution < -0.4 is 5.48 Å². The summed E-state index contributed by atoms with van der Waals surface area (Å²) in [5.41, 5.74) is 2.86. The molecule has 0 aliphatic carbocycles. The molecule has 0 aliphatic heterocycles. The van der Waals surface area contributed by atoms with Gasteiger partial charge in [-0.3, -0.25) is 4.84 Å². The van der Waals surface area contributed by atoms with Crippen molar-refractivity contribution in [3.05, 3.63) is 0 Å². The van der Waals surface area contributed by atoms with Gasteiger partial charge in [0.1, 0.15) is 0 Å². The first-order valence-electron chi connectivity index (χ1n) is 4.10. The van der Waals surface area contributed by atoms with Crippen molar-refractivity contribution >= 4 is 0 Å². The van der Waals surface area contributed by atoms with Crippen molar-refractivity contribution in [1.82, 2.24) is 5.48 Å². The smallest absolute Gasteiger partial charge is 0.0787 e. The van der Waals surface area contributed by atoms with Crippen LogP contribution in [0.5, 0.6) is 0 Å². The fourth-order valence-corrected chi connectivity index (χ4v) is 0.663. The van der Waals surface area contributed by atoms with E-state index >= 15 is 0 Å². The van der Waals surface area contributed by atoms with Gasteiger partial charge in [0.15, 0.2) is 0 Å². The Hall–Kier alpha value is -0.0800. The van der Waals surface area contributed by atoms with Crippen LogP contribution in [0.25, 0.3) is 0 Å². The van der Waals surface area contributed by atoms with Crippen LogP contribution in [0.15, 0.2) is 0 Å². The summed E-state index contributed by atoms with van der Waals surface area (Å²) >= 11 is 0. The molecule has 0 fully saturated rings. The minimum Gasteiger partial charge on any atom is -0.299 e. The summed E-state index contributed by atoms with van der Waals surface area (Å²) in [6, 6.07) is 0. The summed E-state index contributed by atoms with van der Waals surface area (Å²) in [5.74, 6) is 0.638. The Balaban J connectivity index is 3.31. The van der Waals surface area contributed by atoms with E-state index in [9.17, 15) is 0 Å². The normalized spacial score (nSPS) is 16.8. The quantitative estimate of drug-likeness (QED) is 0.597. The monoisotopic (exact) mass is 145 g/mol. The average molecular weight is 145 g/mol. The Kier molecular flexibility index (Phi) is 5.64. The second-order valence-corrected chi connectivity index (χ2v) is 2.71. The van der Waals surface area contributed by atoms with Crippen molar-refractivity contribution in [2.24, 2.45) is 5.92 Å². The Morgan fingerprint density at radius 1 is 1.30 bits per heavy atom. The molecule has 0 radical (unpaired) electrons. The molecule has 0 amide bonds. The topological polar surface area (TPSA) is 21.3 Å². The van der Waals surface area contributed by atoms with E-state index in [2.05, 4.69) is 26.3 Å². The fraction of sp³-hybridized carbons (Fsp3) is 1.00. The van der Waals surface area contributed by atoms with E-state index in [-0.39, 0.29) is 0 Å². The average Bonchev–Trinajstić information content (AvgIpc) is 1.98. The lowest BCUT2D eigenvalue weighted by Gasteiger charge is -2.17. The highest BCUT2D eigenvalue weighted by Crippen LogP contribution is 2.08. The third-order valence-electron chi connectivity index (χ3n) is 1.86. The number of hydrogen-bond donors (Lipinski definition) is 1. The van der Waals surface area contributed by atoms with E-state index in [1.165, 1.54) is 6.42 Å². The molecule has 62 valence electrons. The van der Waals surface area contributed by atoms with Crippen molar-refractivity contribution in [1.29, 1.82) is 0 Å². The second kappa shape index (κ2) is 5.69. The van der Waals surface area contributed by atoms with Crippen LogP contribution in [0, 0.1) is 5.92 Å². The Bertz CT molecular complexity index is 75.7. The van der Waals surface area contributed by atoms with Gasteiger partial charge in [-0.25, -0.2) is 5.48 Å². The molecule has 0 heterocycles. The number of nitrogens with one attached hydrogen (secondary N) is 1. The highest BCUT2D eigenvalue weighted by Gasteiger charge is 2.09. The van der Waals surface area contributed by atoms with Crippen molar-refractivity contribution in [2.45, 2.75) is 40.2 Å². The molecule has 0 aliphatic rings. The SMILES string of the molecule is CCNOC(C)C(C)CC. The van der Waals surface area contributed by atoms with Gasteiger partial charge >= 0.3 is 0 Å². The molecule has 2 nitrogen and oxygen atoms in total. The van der Waals surface area contributed by atoms with E-state index in [0.29, 0.717) is 12.0 Å². The Morgan fingerprint density at radius 3 is 2.30 bits per heavy atom. The highest BCUT2D eigenvalue weighted by molar-refractivity contribution is 4.56. The molecule has 1 N–H and O–H groups in total. The zero-order chi connectivity index (χ0) is 7.98. The lowest BCUT2D eigenvalue weighted by Crippen LogP contribution is -2.26. The first-order valence-corrected chi connectivity index (χ1v) is 4.10. The van der Waals surface area contributed by atoms with Gasteiger partial charge in [0, 0.05) is 6.54 Å². The molecule has 0 aromatic rings. The minimum absolute atomic E-state index is 0.324. The second-order valence-electron chi connectivity index (χ2n) is 2.71. The van der Waals surface area contributed by atoms with Crippen LogP contribution in [-0.4, -0.2) is 12.6 Å². The molecule has 2 unspecified atom stereocenters. The highest BCUT2D eigenvalue weighted by atomic mass is 16.7. The summed E-state index contributed by atoms with van der Waals surface area (Å²) in [4.78, 5) is 5.29. The molecule has 0 saturated heterocycles. The molecule has 2 atom stereocenters. The van der Waals surface area contributed by atoms with E-state index in [1.54, 1.807) is 0 Å². The molecular formula is C8H19NO. The van der Waals surface area contributed by atoms with Crippen molar-refractivity contribution in [2.75, 3.05) is 6.54 Å². The van der Waals surface area contributed by atoms with E-state index in [1.807, 2.05) is 6.92 Å². The minimum atomic E-state index is 0.324. The summed E-state index contributed by atoms with van der Waals surface area (Å²) in [5, 5.41) is 0. The maximum Gasteiger partial charge on any atom is 0.0787 e. The van der Waals surface area contributed by atoms with Crippen molar-refractivity contribution < 1.29 is 4.84 Å². The standard InChI is InChI=1S/C8H19NO/c1-5-7(3)8(4)10-9-6-2/h7-9H,5-6H2,1-4H3. The number of hydroxylamine groups is 1. The summed E-state index contributed by atoms with van der Waals surface area (Å²) in [7, 11) is 0. The molecule has 0 aromatic carbocycles. The van der Waals surface area contributed by atoms with Crippen LogP contribution in [0.3, 0.4) is 0 Å². The molecule has 10 heavy (non-hydrogen) atoms. The van der Waals surface area contributed by atoms with Gasteiger partial charge < -0.3 is 0 Å². The maximum atomic E-state index is 5.29. The Morgan fingerprint density at radius 2 is 1.90 bits per heavy atom. The zero-order valence-corrected chi connectivity index (χ0v) is 7.48. The van der Waals surface area contributed by atoms with Crippen molar-refractivity contribution in [3.63, 3.8) is 0 Å². The van der Waals surface area contributed by atoms with Crippen LogP contribution >= 0.6 is 0 Å². The fourth-order valence-electron chi connectivity index (χ4n) is 0.663. The van der Waals surface area contributed by atoms with Crippen LogP contribution in [0.4, 0.5) is 0 Å².